The fraction of sp³-hybridized carbons (Fsp3) is 0.333. The molecule has 0 spiro atoms. The minimum absolute atomic E-state index is 0.184. The summed E-state index contributed by atoms with van der Waals surface area (Å²) in [6, 6.07) is 4.65. The maximum atomic E-state index is 13.9. The van der Waals surface area contributed by atoms with Gasteiger partial charge in [0.15, 0.2) is 24.0 Å². The molecule has 0 atom stereocenters. The predicted molar refractivity (Wildman–Crippen MR) is 85.5 cm³/mol. The molecule has 2 aromatic rings. The van der Waals surface area contributed by atoms with Crippen molar-refractivity contribution in [1.82, 2.24) is 9.78 Å². The van der Waals surface area contributed by atoms with Gasteiger partial charge in [-0.25, -0.2) is 17.6 Å². The molecular formula is C15H16FN3O5S. The smallest absolute Gasteiger partial charge is 0.341 e. The molecule has 134 valence electrons. The van der Waals surface area contributed by atoms with Crippen LogP contribution in [0.15, 0.2) is 29.2 Å². The van der Waals surface area contributed by atoms with E-state index in [0.717, 1.165) is 49.7 Å². The average molecular weight is 369 g/mol. The van der Waals surface area contributed by atoms with Crippen LogP contribution in [-0.2, 0) is 27.8 Å². The normalized spacial score (nSPS) is 14.0. The van der Waals surface area contributed by atoms with Gasteiger partial charge >= 0.3 is 5.97 Å². The molecule has 3 rings (SSSR count). The number of halogens is 1. The van der Waals surface area contributed by atoms with Crippen LogP contribution in [0, 0.1) is 5.82 Å². The van der Waals surface area contributed by atoms with E-state index < -0.39 is 28.4 Å². The van der Waals surface area contributed by atoms with Crippen molar-refractivity contribution in [2.45, 2.75) is 30.7 Å². The largest absolute Gasteiger partial charge is 0.479 e. The number of aromatic nitrogens is 2. The van der Waals surface area contributed by atoms with Crippen molar-refractivity contribution >= 4 is 21.8 Å². The second-order valence-electron chi connectivity index (χ2n) is 5.58. The second kappa shape index (κ2) is 6.71. The van der Waals surface area contributed by atoms with Gasteiger partial charge < -0.3 is 9.84 Å². The number of carboxylic acids is 1. The monoisotopic (exact) mass is 369 g/mol. The summed E-state index contributed by atoms with van der Waals surface area (Å²) in [4.78, 5) is 10.1. The Balaban J connectivity index is 1.78. The van der Waals surface area contributed by atoms with Gasteiger partial charge in [0.05, 0.1) is 4.90 Å². The average Bonchev–Trinajstić information content (AvgIpc) is 2.94. The first-order chi connectivity index (χ1) is 11.8. The maximum Gasteiger partial charge on any atom is 0.341 e. The highest BCUT2D eigenvalue weighted by Crippen LogP contribution is 2.24. The zero-order valence-corrected chi connectivity index (χ0v) is 13.9. The molecule has 1 aromatic carbocycles. The number of fused-ring (bicyclic) bond motifs is 1. The third-order valence-electron chi connectivity index (χ3n) is 3.72. The van der Waals surface area contributed by atoms with E-state index >= 15 is 0 Å². The van der Waals surface area contributed by atoms with E-state index in [4.69, 9.17) is 9.84 Å². The zero-order valence-electron chi connectivity index (χ0n) is 13.1. The van der Waals surface area contributed by atoms with Gasteiger partial charge in [-0.05, 0) is 37.5 Å². The molecule has 0 unspecified atom stereocenters. The number of rotatable bonds is 6. The molecule has 2 N–H and O–H groups in total. The summed E-state index contributed by atoms with van der Waals surface area (Å²) in [6.45, 7) is 0.0166. The summed E-state index contributed by atoms with van der Waals surface area (Å²) in [6.07, 6.45) is 2.85. The number of carbonyl (C=O) groups is 1. The summed E-state index contributed by atoms with van der Waals surface area (Å²) in [5, 5.41) is 12.7. The number of benzene rings is 1. The quantitative estimate of drug-likeness (QED) is 0.801. The van der Waals surface area contributed by atoms with Crippen molar-refractivity contribution in [1.29, 1.82) is 0 Å². The van der Waals surface area contributed by atoms with Gasteiger partial charge in [-0.1, -0.05) is 0 Å². The Morgan fingerprint density at radius 1 is 1.36 bits per heavy atom. The van der Waals surface area contributed by atoms with Crippen LogP contribution in [0.1, 0.15) is 18.5 Å². The van der Waals surface area contributed by atoms with Crippen LogP contribution >= 0.6 is 0 Å². The number of anilines is 1. The van der Waals surface area contributed by atoms with Gasteiger partial charge in [-0.3, -0.25) is 9.40 Å². The number of sulfonamides is 1. The van der Waals surface area contributed by atoms with Gasteiger partial charge in [0.1, 0.15) is 0 Å². The minimum Gasteiger partial charge on any atom is -0.479 e. The van der Waals surface area contributed by atoms with Crippen molar-refractivity contribution in [2.24, 2.45) is 0 Å². The lowest BCUT2D eigenvalue weighted by Crippen LogP contribution is -2.15. The zero-order chi connectivity index (χ0) is 18.0. The molecule has 1 aliphatic rings. The van der Waals surface area contributed by atoms with E-state index in [0.29, 0.717) is 0 Å². The van der Waals surface area contributed by atoms with Crippen LogP contribution in [0.2, 0.25) is 0 Å². The Morgan fingerprint density at radius 3 is 2.84 bits per heavy atom. The molecule has 1 aromatic heterocycles. The van der Waals surface area contributed by atoms with Crippen molar-refractivity contribution in [3.8, 4) is 5.75 Å². The van der Waals surface area contributed by atoms with Crippen LogP contribution in [0.25, 0.3) is 0 Å². The van der Waals surface area contributed by atoms with Crippen molar-refractivity contribution in [3.63, 3.8) is 0 Å². The lowest BCUT2D eigenvalue weighted by molar-refractivity contribution is -0.139. The molecule has 0 bridgehead atoms. The highest BCUT2D eigenvalue weighted by atomic mass is 32.2. The topological polar surface area (TPSA) is 111 Å². The van der Waals surface area contributed by atoms with E-state index in [9.17, 15) is 17.6 Å². The van der Waals surface area contributed by atoms with E-state index in [1.54, 1.807) is 10.7 Å². The van der Waals surface area contributed by atoms with Crippen molar-refractivity contribution < 1.29 is 27.4 Å². The lowest BCUT2D eigenvalue weighted by Gasteiger charge is -2.11. The van der Waals surface area contributed by atoms with E-state index in [-0.39, 0.29) is 16.5 Å². The third kappa shape index (κ3) is 3.90. The van der Waals surface area contributed by atoms with Crippen LogP contribution < -0.4 is 9.46 Å². The van der Waals surface area contributed by atoms with Crippen LogP contribution in [0.4, 0.5) is 10.2 Å². The first-order valence-corrected chi connectivity index (χ1v) is 9.07. The van der Waals surface area contributed by atoms with Crippen LogP contribution in [0.5, 0.6) is 5.75 Å². The van der Waals surface area contributed by atoms with E-state index in [2.05, 4.69) is 9.82 Å². The highest BCUT2D eigenvalue weighted by molar-refractivity contribution is 7.92. The molecule has 0 aliphatic carbocycles. The number of nitrogens with zero attached hydrogens (tertiary/aromatic N) is 2. The van der Waals surface area contributed by atoms with E-state index in [1.807, 2.05) is 0 Å². The number of aryl methyl sites for hydroxylation is 2. The molecule has 1 aliphatic heterocycles. The van der Waals surface area contributed by atoms with Gasteiger partial charge in [-0.2, -0.15) is 5.10 Å². The number of carboxylic acid groups (broad SMARTS) is 1. The molecular weight excluding hydrogens is 353 g/mol. The van der Waals surface area contributed by atoms with Gasteiger partial charge in [0, 0.05) is 18.3 Å². The Hall–Kier alpha value is -2.62. The summed E-state index contributed by atoms with van der Waals surface area (Å²) in [5.41, 5.74) is 0.951. The number of nitrogens with one attached hydrogen (secondary N) is 1. The Bertz CT molecular complexity index is 886. The van der Waals surface area contributed by atoms with Gasteiger partial charge in [-0.15, -0.1) is 0 Å². The van der Waals surface area contributed by atoms with Crippen LogP contribution in [-0.4, -0.2) is 35.9 Å². The molecule has 2 heterocycles. The van der Waals surface area contributed by atoms with Crippen molar-refractivity contribution in [2.75, 3.05) is 11.3 Å². The minimum atomic E-state index is -4.02. The Morgan fingerprint density at radius 2 is 2.16 bits per heavy atom. The second-order valence-corrected chi connectivity index (χ2v) is 7.26. The Kier molecular flexibility index (Phi) is 4.62. The summed E-state index contributed by atoms with van der Waals surface area (Å²) < 4.78 is 47.5. The molecule has 0 radical (unpaired) electrons. The fourth-order valence-corrected chi connectivity index (χ4v) is 3.57. The number of hydrogen-bond donors (Lipinski definition) is 2. The fourth-order valence-electron chi connectivity index (χ4n) is 2.57. The van der Waals surface area contributed by atoms with Gasteiger partial charge in [0.25, 0.3) is 10.0 Å². The summed E-state index contributed by atoms with van der Waals surface area (Å²) in [7, 11) is -4.02. The first-order valence-electron chi connectivity index (χ1n) is 7.59. The summed E-state index contributed by atoms with van der Waals surface area (Å²) in [5.74, 6) is -2.38. The third-order valence-corrected chi connectivity index (χ3v) is 5.07. The molecule has 0 amide bonds. The molecule has 8 nitrogen and oxygen atoms in total. The molecule has 10 heteroatoms. The maximum absolute atomic E-state index is 13.9. The summed E-state index contributed by atoms with van der Waals surface area (Å²) >= 11 is 0. The number of ether oxygens (including phenoxy) is 1. The highest BCUT2D eigenvalue weighted by Gasteiger charge is 2.20. The predicted octanol–water partition coefficient (Wildman–Crippen LogP) is 1.62. The van der Waals surface area contributed by atoms with Crippen LogP contribution in [0.3, 0.4) is 0 Å². The standard InChI is InChI=1S/C15H16FN3O5S/c16-12-8-11(4-5-13(12)24-9-15(20)21)25(22,23)18-14-7-10-3-1-2-6-19(10)17-14/h4-5,7-8H,1-3,6,9H2,(H,17,18)(H,20,21). The lowest BCUT2D eigenvalue weighted by atomic mass is 10.1. The molecule has 0 saturated carbocycles. The van der Waals surface area contributed by atoms with Crippen molar-refractivity contribution in [3.05, 3.63) is 35.8 Å². The number of aliphatic carboxylic acids is 1. The molecule has 0 saturated heterocycles. The van der Waals surface area contributed by atoms with E-state index in [1.165, 1.54) is 0 Å². The SMILES string of the molecule is O=C(O)COc1ccc(S(=O)(=O)Nc2cc3n(n2)CCCC3)cc1F. The molecule has 25 heavy (non-hydrogen) atoms. The van der Waals surface area contributed by atoms with Gasteiger partial charge in [0.2, 0.25) is 0 Å². The molecule has 0 fully saturated rings. The number of hydrogen-bond acceptors (Lipinski definition) is 5. The Labute approximate surface area is 143 Å². The first kappa shape index (κ1) is 17.2.